The smallest absolute Gasteiger partial charge is 0.387 e. The minimum absolute atomic E-state index is 0.0703. The number of rotatable bonds is 7. The van der Waals surface area contributed by atoms with Crippen molar-refractivity contribution in [3.8, 4) is 5.75 Å². The van der Waals surface area contributed by atoms with Gasteiger partial charge in [-0.25, -0.2) is 4.79 Å². The van der Waals surface area contributed by atoms with E-state index in [2.05, 4.69) is 15.0 Å². The van der Waals surface area contributed by atoms with Crippen LogP contribution < -0.4 is 15.0 Å². The van der Waals surface area contributed by atoms with E-state index in [4.69, 9.17) is 4.74 Å². The number of para-hydroxylation sites is 2. The number of ether oxygens (including phenoxy) is 2. The summed E-state index contributed by atoms with van der Waals surface area (Å²) in [6.07, 6.45) is 0. The van der Waals surface area contributed by atoms with Gasteiger partial charge in [0.25, 0.3) is 0 Å². The summed E-state index contributed by atoms with van der Waals surface area (Å²) >= 11 is 0. The van der Waals surface area contributed by atoms with Crippen LogP contribution in [0.4, 0.5) is 20.2 Å². The maximum Gasteiger partial charge on any atom is 0.387 e. The van der Waals surface area contributed by atoms with Crippen LogP contribution in [0.5, 0.6) is 5.75 Å². The van der Waals surface area contributed by atoms with Crippen molar-refractivity contribution in [1.82, 2.24) is 4.90 Å². The maximum absolute atomic E-state index is 12.5. The Balaban J connectivity index is 1.56. The number of hydrogen-bond acceptors (Lipinski definition) is 6. The minimum Gasteiger partial charge on any atom is -0.465 e. The van der Waals surface area contributed by atoms with Gasteiger partial charge in [0.15, 0.2) is 0 Å². The molecule has 0 radical (unpaired) electrons. The fourth-order valence-corrected chi connectivity index (χ4v) is 3.53. The lowest BCUT2D eigenvalue weighted by Gasteiger charge is -2.40. The molecule has 3 rings (SSSR count). The Bertz CT molecular complexity index is 908. The molecular formula is C22H25F2N3O4. The third-order valence-electron chi connectivity index (χ3n) is 5.14. The van der Waals surface area contributed by atoms with Crippen LogP contribution in [0.1, 0.15) is 17.3 Å². The third kappa shape index (κ3) is 5.91. The van der Waals surface area contributed by atoms with E-state index in [0.717, 1.165) is 5.69 Å². The molecule has 0 aromatic heterocycles. The van der Waals surface area contributed by atoms with Crippen LogP contribution in [0, 0.1) is 0 Å². The van der Waals surface area contributed by atoms with Gasteiger partial charge in [-0.2, -0.15) is 8.78 Å². The molecule has 1 aliphatic heterocycles. The molecule has 7 nitrogen and oxygen atoms in total. The van der Waals surface area contributed by atoms with Crippen molar-refractivity contribution >= 4 is 23.3 Å². The highest BCUT2D eigenvalue weighted by molar-refractivity contribution is 5.93. The Hall–Kier alpha value is -3.20. The van der Waals surface area contributed by atoms with Crippen molar-refractivity contribution in [2.45, 2.75) is 19.6 Å². The van der Waals surface area contributed by atoms with Crippen LogP contribution in [0.3, 0.4) is 0 Å². The van der Waals surface area contributed by atoms with Crippen LogP contribution >= 0.6 is 0 Å². The molecule has 1 atom stereocenters. The SMILES string of the molecule is COC(=O)c1ccc(N2CCN(CC(=O)Nc3ccccc3OC(F)F)C(C)C2)cc1. The van der Waals surface area contributed by atoms with Gasteiger partial charge in [0.05, 0.1) is 24.9 Å². The van der Waals surface area contributed by atoms with Crippen molar-refractivity contribution in [2.75, 3.05) is 43.5 Å². The molecule has 1 aliphatic rings. The zero-order valence-electron chi connectivity index (χ0n) is 17.4. The molecule has 1 heterocycles. The summed E-state index contributed by atoms with van der Waals surface area (Å²) in [5.74, 6) is -0.747. The number of carbonyl (C=O) groups is 2. The molecule has 1 amide bonds. The van der Waals surface area contributed by atoms with E-state index < -0.39 is 6.61 Å². The second-order valence-electron chi connectivity index (χ2n) is 7.23. The summed E-state index contributed by atoms with van der Waals surface area (Å²) in [6.45, 7) is 1.27. The number of halogens is 2. The van der Waals surface area contributed by atoms with Gasteiger partial charge in [-0.3, -0.25) is 9.69 Å². The van der Waals surface area contributed by atoms with Crippen molar-refractivity contribution in [3.05, 3.63) is 54.1 Å². The first-order chi connectivity index (χ1) is 14.9. The Morgan fingerprint density at radius 2 is 1.84 bits per heavy atom. The number of amides is 1. The summed E-state index contributed by atoms with van der Waals surface area (Å²) < 4.78 is 34.3. The number of nitrogens with zero attached hydrogens (tertiary/aromatic N) is 2. The van der Waals surface area contributed by atoms with Gasteiger partial charge in [-0.05, 0) is 43.3 Å². The molecule has 1 N–H and O–H groups in total. The van der Waals surface area contributed by atoms with Crippen LogP contribution in [0.25, 0.3) is 0 Å². The maximum atomic E-state index is 12.5. The van der Waals surface area contributed by atoms with Crippen molar-refractivity contribution in [2.24, 2.45) is 0 Å². The molecule has 2 aromatic carbocycles. The number of hydrogen-bond donors (Lipinski definition) is 1. The molecule has 1 fully saturated rings. The van der Waals surface area contributed by atoms with Crippen molar-refractivity contribution in [1.29, 1.82) is 0 Å². The zero-order chi connectivity index (χ0) is 22.4. The summed E-state index contributed by atoms with van der Waals surface area (Å²) in [5.41, 5.74) is 1.69. The number of piperazine rings is 1. The fraction of sp³-hybridized carbons (Fsp3) is 0.364. The lowest BCUT2D eigenvalue weighted by molar-refractivity contribution is -0.118. The first-order valence-electron chi connectivity index (χ1n) is 9.88. The number of nitrogens with one attached hydrogen (secondary N) is 1. The van der Waals surface area contributed by atoms with E-state index in [1.54, 1.807) is 24.3 Å². The average molecular weight is 433 g/mol. The van der Waals surface area contributed by atoms with Crippen LogP contribution in [-0.4, -0.2) is 62.7 Å². The lowest BCUT2D eigenvalue weighted by Crippen LogP contribution is -2.53. The predicted octanol–water partition coefficient (Wildman–Crippen LogP) is 3.22. The first kappa shape index (κ1) is 22.5. The quantitative estimate of drug-likeness (QED) is 0.676. The van der Waals surface area contributed by atoms with Crippen LogP contribution in [-0.2, 0) is 9.53 Å². The van der Waals surface area contributed by atoms with E-state index in [9.17, 15) is 18.4 Å². The monoisotopic (exact) mass is 433 g/mol. The summed E-state index contributed by atoms with van der Waals surface area (Å²) in [4.78, 5) is 28.3. The standard InChI is InChI=1S/C22H25F2N3O4/c1-15-13-27(17-9-7-16(8-10-17)21(29)30-2)12-11-26(15)14-20(28)25-18-5-3-4-6-19(18)31-22(23)24/h3-10,15,22H,11-14H2,1-2H3,(H,25,28). The molecule has 2 aromatic rings. The number of benzene rings is 2. The molecular weight excluding hydrogens is 408 g/mol. The highest BCUT2D eigenvalue weighted by atomic mass is 19.3. The second-order valence-corrected chi connectivity index (χ2v) is 7.23. The largest absolute Gasteiger partial charge is 0.465 e. The Morgan fingerprint density at radius 1 is 1.13 bits per heavy atom. The van der Waals surface area contributed by atoms with E-state index in [1.807, 2.05) is 24.0 Å². The van der Waals surface area contributed by atoms with Gasteiger partial charge in [0, 0.05) is 31.4 Å². The van der Waals surface area contributed by atoms with E-state index in [0.29, 0.717) is 25.2 Å². The molecule has 0 saturated carbocycles. The summed E-state index contributed by atoms with van der Waals surface area (Å²) in [6, 6.07) is 13.4. The first-order valence-corrected chi connectivity index (χ1v) is 9.88. The molecule has 0 aliphatic carbocycles. The molecule has 1 saturated heterocycles. The molecule has 31 heavy (non-hydrogen) atoms. The Morgan fingerprint density at radius 3 is 2.48 bits per heavy atom. The fourth-order valence-electron chi connectivity index (χ4n) is 3.53. The highest BCUT2D eigenvalue weighted by Gasteiger charge is 2.26. The summed E-state index contributed by atoms with van der Waals surface area (Å²) in [7, 11) is 1.34. The van der Waals surface area contributed by atoms with E-state index in [1.165, 1.54) is 19.2 Å². The Kier molecular flexibility index (Phi) is 7.41. The van der Waals surface area contributed by atoms with Gasteiger partial charge in [-0.15, -0.1) is 0 Å². The highest BCUT2D eigenvalue weighted by Crippen LogP contribution is 2.26. The number of methoxy groups -OCH3 is 1. The molecule has 1 unspecified atom stereocenters. The van der Waals surface area contributed by atoms with Gasteiger partial charge in [0.1, 0.15) is 5.75 Å². The second kappa shape index (κ2) is 10.2. The van der Waals surface area contributed by atoms with Gasteiger partial charge < -0.3 is 19.7 Å². The van der Waals surface area contributed by atoms with E-state index >= 15 is 0 Å². The van der Waals surface area contributed by atoms with Crippen molar-refractivity contribution < 1.29 is 27.8 Å². The summed E-state index contributed by atoms with van der Waals surface area (Å²) in [5, 5.41) is 2.65. The molecule has 0 bridgehead atoms. The zero-order valence-corrected chi connectivity index (χ0v) is 17.4. The molecule has 9 heteroatoms. The number of carbonyl (C=O) groups excluding carboxylic acids is 2. The normalized spacial score (nSPS) is 16.8. The van der Waals surface area contributed by atoms with Crippen LogP contribution in [0.15, 0.2) is 48.5 Å². The van der Waals surface area contributed by atoms with E-state index in [-0.39, 0.29) is 35.9 Å². The predicted molar refractivity (Wildman–Crippen MR) is 113 cm³/mol. The molecule has 166 valence electrons. The number of alkyl halides is 2. The van der Waals surface area contributed by atoms with Crippen LogP contribution in [0.2, 0.25) is 0 Å². The third-order valence-corrected chi connectivity index (χ3v) is 5.14. The molecule has 0 spiro atoms. The van der Waals surface area contributed by atoms with Gasteiger partial charge in [0.2, 0.25) is 5.91 Å². The Labute approximate surface area is 179 Å². The lowest BCUT2D eigenvalue weighted by atomic mass is 10.1. The van der Waals surface area contributed by atoms with Gasteiger partial charge >= 0.3 is 12.6 Å². The van der Waals surface area contributed by atoms with Crippen molar-refractivity contribution in [3.63, 3.8) is 0 Å². The van der Waals surface area contributed by atoms with Gasteiger partial charge in [-0.1, -0.05) is 12.1 Å². The topological polar surface area (TPSA) is 71.1 Å². The number of esters is 1. The average Bonchev–Trinajstić information content (AvgIpc) is 2.75. The minimum atomic E-state index is -2.96. The number of anilines is 2.